The van der Waals surface area contributed by atoms with Crippen LogP contribution in [-0.4, -0.2) is 51.4 Å². The molecule has 0 aliphatic heterocycles. The summed E-state index contributed by atoms with van der Waals surface area (Å²) in [6.07, 6.45) is 0.253. The highest BCUT2D eigenvalue weighted by Crippen LogP contribution is 2.34. The molecule has 0 saturated heterocycles. The normalized spacial score (nSPS) is 11.8. The van der Waals surface area contributed by atoms with E-state index in [9.17, 15) is 18.0 Å². The molecule has 8 nitrogen and oxygen atoms in total. The summed E-state index contributed by atoms with van der Waals surface area (Å²) in [4.78, 5) is 29.7. The Kier molecular flexibility index (Phi) is 10.8. The molecule has 1 N–H and O–H groups in total. The van der Waals surface area contributed by atoms with E-state index in [-0.39, 0.29) is 29.5 Å². The van der Waals surface area contributed by atoms with Crippen molar-refractivity contribution in [1.29, 1.82) is 0 Å². The van der Waals surface area contributed by atoms with E-state index < -0.39 is 28.5 Å². The first kappa shape index (κ1) is 32.3. The van der Waals surface area contributed by atoms with Crippen LogP contribution in [0.15, 0.2) is 108 Å². The summed E-state index contributed by atoms with van der Waals surface area (Å²) in [6, 6.07) is 29.4. The van der Waals surface area contributed by atoms with E-state index in [4.69, 9.17) is 4.74 Å². The van der Waals surface area contributed by atoms with Gasteiger partial charge in [0.15, 0.2) is 0 Å². The topological polar surface area (TPSA) is 96.0 Å². The fourth-order valence-corrected chi connectivity index (χ4v) is 6.52. The zero-order valence-corrected chi connectivity index (χ0v) is 26.4. The molecular weight excluding hydrogens is 574 g/mol. The van der Waals surface area contributed by atoms with Crippen molar-refractivity contribution >= 4 is 27.5 Å². The molecule has 0 aliphatic rings. The number of amides is 2. The number of nitrogens with one attached hydrogen (secondary N) is 1. The van der Waals surface area contributed by atoms with Gasteiger partial charge in [-0.3, -0.25) is 13.9 Å². The third-order valence-corrected chi connectivity index (χ3v) is 9.04. The molecule has 2 amide bonds. The SMILES string of the molecule is CCNC(=O)C(Cc1ccccc1)N(Cc1cccc(C)c1)C(=O)CN(c1cc(C)ccc1OC)S(=O)(=O)c1ccccc1. The highest BCUT2D eigenvalue weighted by molar-refractivity contribution is 7.92. The van der Waals surface area contributed by atoms with Gasteiger partial charge in [0, 0.05) is 19.5 Å². The largest absolute Gasteiger partial charge is 0.495 e. The number of anilines is 1. The molecule has 0 aliphatic carbocycles. The second-order valence-electron chi connectivity index (χ2n) is 10.6. The van der Waals surface area contributed by atoms with E-state index in [1.807, 2.05) is 81.4 Å². The first-order chi connectivity index (χ1) is 21.1. The molecule has 1 unspecified atom stereocenters. The number of nitrogens with zero attached hydrogens (tertiary/aromatic N) is 2. The molecule has 4 aromatic carbocycles. The van der Waals surface area contributed by atoms with Crippen LogP contribution in [0.5, 0.6) is 5.75 Å². The summed E-state index contributed by atoms with van der Waals surface area (Å²) in [5, 5.41) is 2.88. The molecule has 0 spiro atoms. The molecular formula is C35H39N3O5S. The van der Waals surface area contributed by atoms with Gasteiger partial charge in [0.05, 0.1) is 17.7 Å². The molecule has 9 heteroatoms. The van der Waals surface area contributed by atoms with Crippen molar-refractivity contribution in [2.24, 2.45) is 0 Å². The Balaban J connectivity index is 1.84. The summed E-state index contributed by atoms with van der Waals surface area (Å²) in [6.45, 7) is 5.56. The average molecular weight is 614 g/mol. The number of hydrogen-bond acceptors (Lipinski definition) is 5. The summed E-state index contributed by atoms with van der Waals surface area (Å²) < 4.78 is 35.0. The first-order valence-corrected chi connectivity index (χ1v) is 16.0. The van der Waals surface area contributed by atoms with Crippen molar-refractivity contribution in [3.05, 3.63) is 125 Å². The average Bonchev–Trinajstić information content (AvgIpc) is 3.02. The number of ether oxygens (including phenoxy) is 1. The van der Waals surface area contributed by atoms with Crippen LogP contribution in [0, 0.1) is 13.8 Å². The van der Waals surface area contributed by atoms with E-state index in [0.717, 1.165) is 26.6 Å². The number of hydrogen-bond donors (Lipinski definition) is 1. The number of methoxy groups -OCH3 is 1. The van der Waals surface area contributed by atoms with Gasteiger partial charge in [0.1, 0.15) is 18.3 Å². The Hall–Kier alpha value is -4.63. The fraction of sp³-hybridized carbons (Fsp3) is 0.257. The molecule has 0 saturated carbocycles. The number of sulfonamides is 1. The van der Waals surface area contributed by atoms with Gasteiger partial charge in [-0.2, -0.15) is 0 Å². The second kappa shape index (κ2) is 14.7. The molecule has 4 rings (SSSR count). The maximum Gasteiger partial charge on any atom is 0.264 e. The lowest BCUT2D eigenvalue weighted by molar-refractivity contribution is -0.140. The van der Waals surface area contributed by atoms with Gasteiger partial charge in [-0.25, -0.2) is 8.42 Å². The van der Waals surface area contributed by atoms with Gasteiger partial charge >= 0.3 is 0 Å². The molecule has 1 atom stereocenters. The van der Waals surface area contributed by atoms with E-state index >= 15 is 0 Å². The fourth-order valence-electron chi connectivity index (χ4n) is 5.08. The molecule has 0 fully saturated rings. The van der Waals surface area contributed by atoms with Gasteiger partial charge in [-0.1, -0.05) is 84.4 Å². The monoisotopic (exact) mass is 613 g/mol. The van der Waals surface area contributed by atoms with E-state index in [1.165, 1.54) is 24.1 Å². The maximum absolute atomic E-state index is 14.5. The highest BCUT2D eigenvalue weighted by Gasteiger charge is 2.35. The van der Waals surface area contributed by atoms with Crippen LogP contribution in [0.25, 0.3) is 0 Å². The minimum Gasteiger partial charge on any atom is -0.495 e. The third kappa shape index (κ3) is 7.85. The summed E-state index contributed by atoms with van der Waals surface area (Å²) in [7, 11) is -2.76. The lowest BCUT2D eigenvalue weighted by Crippen LogP contribution is -2.53. The van der Waals surface area contributed by atoms with Crippen LogP contribution in [0.2, 0.25) is 0 Å². The van der Waals surface area contributed by atoms with Crippen LogP contribution >= 0.6 is 0 Å². The van der Waals surface area contributed by atoms with Crippen molar-refractivity contribution in [2.75, 3.05) is 24.5 Å². The lowest BCUT2D eigenvalue weighted by Gasteiger charge is -2.34. The molecule has 4 aromatic rings. The Morgan fingerprint density at radius 1 is 0.818 bits per heavy atom. The predicted octanol–water partition coefficient (Wildman–Crippen LogP) is 5.28. The van der Waals surface area contributed by atoms with Crippen LogP contribution in [0.3, 0.4) is 0 Å². The Bertz CT molecular complexity index is 1680. The van der Waals surface area contributed by atoms with Gasteiger partial charge in [0.25, 0.3) is 10.0 Å². The first-order valence-electron chi connectivity index (χ1n) is 14.5. The van der Waals surface area contributed by atoms with Crippen LogP contribution in [0.4, 0.5) is 5.69 Å². The molecule has 230 valence electrons. The van der Waals surface area contributed by atoms with Crippen LogP contribution < -0.4 is 14.4 Å². The van der Waals surface area contributed by atoms with Crippen molar-refractivity contribution in [1.82, 2.24) is 10.2 Å². The zero-order valence-electron chi connectivity index (χ0n) is 25.6. The van der Waals surface area contributed by atoms with Gasteiger partial charge in [-0.15, -0.1) is 0 Å². The summed E-state index contributed by atoms with van der Waals surface area (Å²) in [5.74, 6) is -0.539. The van der Waals surface area contributed by atoms with Gasteiger partial charge in [0.2, 0.25) is 11.8 Å². The summed E-state index contributed by atoms with van der Waals surface area (Å²) >= 11 is 0. The quantitative estimate of drug-likeness (QED) is 0.221. The molecule has 44 heavy (non-hydrogen) atoms. The van der Waals surface area contributed by atoms with E-state index in [0.29, 0.717) is 12.3 Å². The number of likely N-dealkylation sites (N-methyl/N-ethyl adjacent to an activating group) is 1. The second-order valence-corrected chi connectivity index (χ2v) is 12.5. The maximum atomic E-state index is 14.5. The molecule has 0 heterocycles. The molecule has 0 aromatic heterocycles. The van der Waals surface area contributed by atoms with Crippen molar-refractivity contribution in [3.8, 4) is 5.75 Å². The highest BCUT2D eigenvalue weighted by atomic mass is 32.2. The standard InChI is InChI=1S/C35H39N3O5S/c1-5-36-35(40)32(23-28-14-8-6-9-15-28)37(24-29-16-12-13-26(2)21-29)34(39)25-38(31-22-27(3)19-20-33(31)43-4)44(41,42)30-17-10-7-11-18-30/h6-22,32H,5,23-25H2,1-4H3,(H,36,40). The zero-order chi connectivity index (χ0) is 31.7. The number of rotatable bonds is 13. The number of benzene rings is 4. The van der Waals surface area contributed by atoms with Crippen LogP contribution in [0.1, 0.15) is 29.2 Å². The predicted molar refractivity (Wildman–Crippen MR) is 173 cm³/mol. The Morgan fingerprint density at radius 3 is 2.09 bits per heavy atom. The number of carbonyl (C=O) groups excluding carboxylic acids is 2. The molecule has 0 bridgehead atoms. The van der Waals surface area contributed by atoms with Crippen LogP contribution in [-0.2, 0) is 32.6 Å². The minimum absolute atomic E-state index is 0.0335. The van der Waals surface area contributed by atoms with E-state index in [2.05, 4.69) is 5.32 Å². The summed E-state index contributed by atoms with van der Waals surface area (Å²) in [5.41, 5.74) is 3.73. The van der Waals surface area contributed by atoms with Gasteiger partial charge < -0.3 is 15.0 Å². The molecule has 0 radical (unpaired) electrons. The third-order valence-electron chi connectivity index (χ3n) is 7.27. The number of carbonyl (C=O) groups is 2. The Labute approximate surface area is 260 Å². The smallest absolute Gasteiger partial charge is 0.264 e. The Morgan fingerprint density at radius 2 is 1.45 bits per heavy atom. The van der Waals surface area contributed by atoms with Crippen molar-refractivity contribution in [3.63, 3.8) is 0 Å². The van der Waals surface area contributed by atoms with E-state index in [1.54, 1.807) is 30.3 Å². The number of aryl methyl sites for hydroxylation is 2. The lowest BCUT2D eigenvalue weighted by atomic mass is 10.0. The van der Waals surface area contributed by atoms with Gasteiger partial charge in [-0.05, 0) is 61.7 Å². The van der Waals surface area contributed by atoms with Crippen molar-refractivity contribution in [2.45, 2.75) is 44.7 Å². The minimum atomic E-state index is -4.22. The van der Waals surface area contributed by atoms with Crippen molar-refractivity contribution < 1.29 is 22.7 Å².